The smallest absolute Gasteiger partial charge is 0.222 e. The molecule has 1 heterocycles. The zero-order valence-electron chi connectivity index (χ0n) is 10.6. The fourth-order valence-electron chi connectivity index (χ4n) is 2.16. The van der Waals surface area contributed by atoms with Crippen molar-refractivity contribution in [1.82, 2.24) is 10.6 Å². The quantitative estimate of drug-likeness (QED) is 0.857. The van der Waals surface area contributed by atoms with Crippen LogP contribution in [0.3, 0.4) is 0 Å². The Morgan fingerprint density at radius 2 is 2.21 bits per heavy atom. The summed E-state index contributed by atoms with van der Waals surface area (Å²) >= 11 is 0. The Hall–Kier alpha value is -1.91. The molecule has 5 heteroatoms. The van der Waals surface area contributed by atoms with Crippen LogP contribution in [0, 0.1) is 5.82 Å². The fourth-order valence-corrected chi connectivity index (χ4v) is 2.16. The van der Waals surface area contributed by atoms with E-state index in [1.54, 1.807) is 18.2 Å². The highest BCUT2D eigenvalue weighted by atomic mass is 19.1. The third kappa shape index (κ3) is 4.05. The molecule has 0 radical (unpaired) electrons. The molecule has 1 aromatic carbocycles. The Labute approximate surface area is 111 Å². The van der Waals surface area contributed by atoms with Gasteiger partial charge >= 0.3 is 0 Å². The highest BCUT2D eigenvalue weighted by Crippen LogP contribution is 2.09. The molecule has 0 aliphatic carbocycles. The van der Waals surface area contributed by atoms with Crippen molar-refractivity contribution in [2.24, 2.45) is 0 Å². The van der Waals surface area contributed by atoms with Crippen LogP contribution in [0.5, 0.6) is 0 Å². The van der Waals surface area contributed by atoms with Crippen LogP contribution < -0.4 is 10.6 Å². The van der Waals surface area contributed by atoms with Gasteiger partial charge in [0, 0.05) is 25.4 Å². The number of piperidine rings is 1. The van der Waals surface area contributed by atoms with Gasteiger partial charge in [-0.2, -0.15) is 0 Å². The first-order valence-electron chi connectivity index (χ1n) is 6.44. The summed E-state index contributed by atoms with van der Waals surface area (Å²) < 4.78 is 13.4. The third-order valence-electron chi connectivity index (χ3n) is 3.19. The number of aryl methyl sites for hydroxylation is 1. The lowest BCUT2D eigenvalue weighted by atomic mass is 10.0. The molecule has 1 saturated heterocycles. The van der Waals surface area contributed by atoms with Gasteiger partial charge in [0.15, 0.2) is 0 Å². The lowest BCUT2D eigenvalue weighted by molar-refractivity contribution is -0.124. The zero-order valence-corrected chi connectivity index (χ0v) is 10.6. The van der Waals surface area contributed by atoms with Crippen molar-refractivity contribution in [3.63, 3.8) is 0 Å². The Morgan fingerprint density at radius 1 is 1.42 bits per heavy atom. The van der Waals surface area contributed by atoms with E-state index in [1.165, 1.54) is 6.07 Å². The van der Waals surface area contributed by atoms with E-state index in [-0.39, 0.29) is 30.1 Å². The molecule has 1 aliphatic heterocycles. The molecule has 0 spiro atoms. The van der Waals surface area contributed by atoms with Crippen molar-refractivity contribution in [1.29, 1.82) is 0 Å². The summed E-state index contributed by atoms with van der Waals surface area (Å²) in [6, 6.07) is 6.35. The molecule has 1 unspecified atom stereocenters. The second-order valence-electron chi connectivity index (χ2n) is 4.70. The standard InChI is InChI=1S/C14H17FN2O2/c15-12-4-2-1-3-10(12)5-6-13(18)17-11-7-8-16-14(19)9-11/h1-4,11H,5-9H2,(H,16,19)(H,17,18). The Bertz CT molecular complexity index is 476. The summed E-state index contributed by atoms with van der Waals surface area (Å²) in [5.41, 5.74) is 0.541. The van der Waals surface area contributed by atoms with E-state index in [0.29, 0.717) is 24.9 Å². The van der Waals surface area contributed by atoms with Gasteiger partial charge in [0.2, 0.25) is 11.8 Å². The first kappa shape index (κ1) is 13.5. The second kappa shape index (κ2) is 6.31. The number of hydrogen-bond donors (Lipinski definition) is 2. The molecule has 1 atom stereocenters. The van der Waals surface area contributed by atoms with Crippen molar-refractivity contribution in [3.8, 4) is 0 Å². The van der Waals surface area contributed by atoms with Crippen molar-refractivity contribution >= 4 is 11.8 Å². The predicted octanol–water partition coefficient (Wildman–Crippen LogP) is 1.15. The number of benzene rings is 1. The molecule has 102 valence electrons. The number of halogens is 1. The van der Waals surface area contributed by atoms with Crippen LogP contribution in [0.1, 0.15) is 24.8 Å². The maximum Gasteiger partial charge on any atom is 0.222 e. The Kier molecular flexibility index (Phi) is 4.49. The average Bonchev–Trinajstić information content (AvgIpc) is 2.38. The van der Waals surface area contributed by atoms with Crippen molar-refractivity contribution in [2.45, 2.75) is 31.7 Å². The van der Waals surface area contributed by atoms with Crippen LogP contribution in [0.15, 0.2) is 24.3 Å². The Morgan fingerprint density at radius 3 is 2.95 bits per heavy atom. The Balaban J connectivity index is 1.78. The van der Waals surface area contributed by atoms with Gasteiger partial charge < -0.3 is 10.6 Å². The van der Waals surface area contributed by atoms with Gasteiger partial charge in [-0.05, 0) is 24.5 Å². The summed E-state index contributed by atoms with van der Waals surface area (Å²) in [7, 11) is 0. The van der Waals surface area contributed by atoms with E-state index in [1.807, 2.05) is 0 Å². The summed E-state index contributed by atoms with van der Waals surface area (Å²) in [6.07, 6.45) is 1.68. The number of hydrogen-bond acceptors (Lipinski definition) is 2. The molecule has 0 saturated carbocycles. The van der Waals surface area contributed by atoms with Gasteiger partial charge in [0.25, 0.3) is 0 Å². The van der Waals surface area contributed by atoms with E-state index in [2.05, 4.69) is 10.6 Å². The molecule has 4 nitrogen and oxygen atoms in total. The first-order valence-corrected chi connectivity index (χ1v) is 6.44. The predicted molar refractivity (Wildman–Crippen MR) is 68.9 cm³/mol. The van der Waals surface area contributed by atoms with E-state index >= 15 is 0 Å². The van der Waals surface area contributed by atoms with Gasteiger partial charge in [0.1, 0.15) is 5.82 Å². The maximum absolute atomic E-state index is 13.4. The number of carbonyl (C=O) groups excluding carboxylic acids is 2. The molecule has 0 bridgehead atoms. The van der Waals surface area contributed by atoms with Crippen LogP contribution >= 0.6 is 0 Å². The van der Waals surface area contributed by atoms with Crippen LogP contribution in [0.25, 0.3) is 0 Å². The monoisotopic (exact) mass is 264 g/mol. The molecule has 19 heavy (non-hydrogen) atoms. The number of amides is 2. The highest BCUT2D eigenvalue weighted by molar-refractivity contribution is 5.80. The zero-order chi connectivity index (χ0) is 13.7. The summed E-state index contributed by atoms with van der Waals surface area (Å²) in [4.78, 5) is 22.9. The maximum atomic E-state index is 13.4. The van der Waals surface area contributed by atoms with Crippen LogP contribution in [0.4, 0.5) is 4.39 Å². The molecule has 1 aromatic rings. The minimum atomic E-state index is -0.285. The van der Waals surface area contributed by atoms with Crippen LogP contribution in [0.2, 0.25) is 0 Å². The highest BCUT2D eigenvalue weighted by Gasteiger charge is 2.20. The van der Waals surface area contributed by atoms with E-state index in [9.17, 15) is 14.0 Å². The molecule has 2 amide bonds. The first-order chi connectivity index (χ1) is 9.15. The molecular formula is C14H17FN2O2. The van der Waals surface area contributed by atoms with Crippen LogP contribution in [-0.2, 0) is 16.0 Å². The van der Waals surface area contributed by atoms with Gasteiger partial charge in [-0.25, -0.2) is 4.39 Å². The summed E-state index contributed by atoms with van der Waals surface area (Å²) in [5.74, 6) is -0.457. The van der Waals surface area contributed by atoms with Gasteiger partial charge in [-0.1, -0.05) is 18.2 Å². The van der Waals surface area contributed by atoms with Gasteiger partial charge in [-0.15, -0.1) is 0 Å². The van der Waals surface area contributed by atoms with Crippen molar-refractivity contribution in [2.75, 3.05) is 6.54 Å². The SMILES string of the molecule is O=C1CC(NC(=O)CCc2ccccc2F)CCN1. The lowest BCUT2D eigenvalue weighted by Gasteiger charge is -2.23. The molecule has 2 rings (SSSR count). The number of carbonyl (C=O) groups is 2. The molecule has 1 fully saturated rings. The number of rotatable bonds is 4. The van der Waals surface area contributed by atoms with E-state index < -0.39 is 0 Å². The molecule has 1 aliphatic rings. The molecular weight excluding hydrogens is 247 g/mol. The largest absolute Gasteiger partial charge is 0.356 e. The molecule has 2 N–H and O–H groups in total. The fraction of sp³-hybridized carbons (Fsp3) is 0.429. The number of nitrogens with one attached hydrogen (secondary N) is 2. The van der Waals surface area contributed by atoms with E-state index in [4.69, 9.17) is 0 Å². The average molecular weight is 264 g/mol. The van der Waals surface area contributed by atoms with Crippen molar-refractivity contribution < 1.29 is 14.0 Å². The summed E-state index contributed by atoms with van der Waals surface area (Å²) in [5, 5.41) is 5.53. The summed E-state index contributed by atoms with van der Waals surface area (Å²) in [6.45, 7) is 0.594. The minimum absolute atomic E-state index is 0.0364. The minimum Gasteiger partial charge on any atom is -0.356 e. The van der Waals surface area contributed by atoms with Crippen LogP contribution in [-0.4, -0.2) is 24.4 Å². The third-order valence-corrected chi connectivity index (χ3v) is 3.19. The normalized spacial score (nSPS) is 18.8. The molecule has 0 aromatic heterocycles. The topological polar surface area (TPSA) is 58.2 Å². The van der Waals surface area contributed by atoms with Crippen molar-refractivity contribution in [3.05, 3.63) is 35.6 Å². The van der Waals surface area contributed by atoms with Gasteiger partial charge in [0.05, 0.1) is 0 Å². The lowest BCUT2D eigenvalue weighted by Crippen LogP contribution is -2.45. The van der Waals surface area contributed by atoms with E-state index in [0.717, 1.165) is 6.42 Å². The van der Waals surface area contributed by atoms with Gasteiger partial charge in [-0.3, -0.25) is 9.59 Å². The second-order valence-corrected chi connectivity index (χ2v) is 4.70.